The Balaban J connectivity index is 1.70. The van der Waals surface area contributed by atoms with Crippen LogP contribution in [0.3, 0.4) is 0 Å². The summed E-state index contributed by atoms with van der Waals surface area (Å²) in [4.78, 5) is 14.0. The second-order valence-electron chi connectivity index (χ2n) is 6.06. The fraction of sp³-hybridized carbons (Fsp3) is 0.611. The minimum Gasteiger partial charge on any atom is -0.493 e. The van der Waals surface area contributed by atoms with E-state index in [4.69, 9.17) is 4.74 Å². The smallest absolute Gasteiger partial charge is 0.222 e. The number of piperidine rings is 1. The number of unbranched alkanes of at least 4 members (excludes halogenated alkanes) is 1. The molecule has 3 heteroatoms. The molecule has 1 aliphatic heterocycles. The van der Waals surface area contributed by atoms with E-state index in [1.807, 2.05) is 17.0 Å². The number of aryl methyl sites for hydroxylation is 1. The molecule has 1 amide bonds. The normalized spacial score (nSPS) is 16.0. The Morgan fingerprint density at radius 2 is 2.10 bits per heavy atom. The van der Waals surface area contributed by atoms with Gasteiger partial charge in [0, 0.05) is 19.5 Å². The van der Waals surface area contributed by atoms with E-state index in [9.17, 15) is 4.79 Å². The highest BCUT2D eigenvalue weighted by Crippen LogP contribution is 2.20. The molecule has 21 heavy (non-hydrogen) atoms. The van der Waals surface area contributed by atoms with E-state index in [1.165, 1.54) is 5.56 Å². The lowest BCUT2D eigenvalue weighted by Crippen LogP contribution is -2.39. The molecule has 1 aromatic rings. The van der Waals surface area contributed by atoms with Crippen molar-refractivity contribution in [2.45, 2.75) is 46.0 Å². The molecule has 1 fully saturated rings. The van der Waals surface area contributed by atoms with E-state index >= 15 is 0 Å². The van der Waals surface area contributed by atoms with E-state index in [-0.39, 0.29) is 0 Å². The molecule has 0 N–H and O–H groups in total. The van der Waals surface area contributed by atoms with Gasteiger partial charge in [0.15, 0.2) is 0 Å². The molecule has 3 nitrogen and oxygen atoms in total. The largest absolute Gasteiger partial charge is 0.493 e. The van der Waals surface area contributed by atoms with Crippen LogP contribution < -0.4 is 4.74 Å². The first-order chi connectivity index (χ1) is 10.2. The van der Waals surface area contributed by atoms with Crippen LogP contribution in [0.2, 0.25) is 0 Å². The number of benzene rings is 1. The van der Waals surface area contributed by atoms with Gasteiger partial charge in [-0.1, -0.05) is 25.5 Å². The van der Waals surface area contributed by atoms with Crippen molar-refractivity contribution in [2.24, 2.45) is 5.92 Å². The molecule has 0 bridgehead atoms. The summed E-state index contributed by atoms with van der Waals surface area (Å²) in [6.07, 6.45) is 4.93. The average Bonchev–Trinajstić information content (AvgIpc) is 2.51. The number of hydrogen-bond donors (Lipinski definition) is 0. The first-order valence-electron chi connectivity index (χ1n) is 8.16. The van der Waals surface area contributed by atoms with Gasteiger partial charge in [-0.2, -0.15) is 0 Å². The molecule has 116 valence electrons. The molecule has 1 heterocycles. The highest BCUT2D eigenvalue weighted by Gasteiger charge is 2.22. The molecule has 0 atom stereocenters. The van der Waals surface area contributed by atoms with E-state index in [1.54, 1.807) is 0 Å². The molecular formula is C18H27NO2. The number of likely N-dealkylation sites (tertiary alicyclic amines) is 1. The summed E-state index contributed by atoms with van der Waals surface area (Å²) in [5.41, 5.74) is 1.23. The van der Waals surface area contributed by atoms with Crippen LogP contribution in [-0.4, -0.2) is 30.5 Å². The van der Waals surface area contributed by atoms with Crippen molar-refractivity contribution in [3.63, 3.8) is 0 Å². The maximum atomic E-state index is 12.0. The van der Waals surface area contributed by atoms with Crippen molar-refractivity contribution in [3.05, 3.63) is 29.8 Å². The van der Waals surface area contributed by atoms with Crippen LogP contribution in [0.4, 0.5) is 0 Å². The van der Waals surface area contributed by atoms with Gasteiger partial charge in [-0.05, 0) is 49.8 Å². The Kier molecular flexibility index (Phi) is 6.09. The molecule has 0 spiro atoms. The Hall–Kier alpha value is -1.51. The predicted molar refractivity (Wildman–Crippen MR) is 85.5 cm³/mol. The van der Waals surface area contributed by atoms with Crippen LogP contribution in [-0.2, 0) is 4.79 Å². The molecule has 1 saturated heterocycles. The van der Waals surface area contributed by atoms with Gasteiger partial charge in [0.2, 0.25) is 5.91 Å². The third kappa shape index (κ3) is 5.07. The summed E-state index contributed by atoms with van der Waals surface area (Å²) < 4.78 is 5.88. The number of rotatable bonds is 6. The Morgan fingerprint density at radius 3 is 2.76 bits per heavy atom. The van der Waals surface area contributed by atoms with Crippen LogP contribution in [0.5, 0.6) is 5.75 Å². The zero-order chi connectivity index (χ0) is 15.1. The van der Waals surface area contributed by atoms with Gasteiger partial charge in [0.1, 0.15) is 5.75 Å². The van der Waals surface area contributed by atoms with Gasteiger partial charge in [0.05, 0.1) is 6.61 Å². The first kappa shape index (κ1) is 15.9. The fourth-order valence-electron chi connectivity index (χ4n) is 2.75. The van der Waals surface area contributed by atoms with Crippen molar-refractivity contribution in [3.8, 4) is 5.75 Å². The number of nitrogens with zero attached hydrogens (tertiary/aromatic N) is 1. The van der Waals surface area contributed by atoms with Crippen molar-refractivity contribution >= 4 is 5.91 Å². The van der Waals surface area contributed by atoms with Gasteiger partial charge >= 0.3 is 0 Å². The lowest BCUT2D eigenvalue weighted by Gasteiger charge is -2.32. The van der Waals surface area contributed by atoms with Crippen molar-refractivity contribution in [2.75, 3.05) is 19.7 Å². The number of ether oxygens (including phenoxy) is 1. The van der Waals surface area contributed by atoms with Gasteiger partial charge in [-0.25, -0.2) is 0 Å². The van der Waals surface area contributed by atoms with Gasteiger partial charge in [-0.15, -0.1) is 0 Å². The lowest BCUT2D eigenvalue weighted by atomic mass is 9.97. The van der Waals surface area contributed by atoms with E-state index in [2.05, 4.69) is 26.0 Å². The third-order valence-corrected chi connectivity index (χ3v) is 4.19. The third-order valence-electron chi connectivity index (χ3n) is 4.19. The van der Waals surface area contributed by atoms with Crippen LogP contribution in [0.25, 0.3) is 0 Å². The quantitative estimate of drug-likeness (QED) is 0.797. The lowest BCUT2D eigenvalue weighted by molar-refractivity contribution is -0.132. The summed E-state index contributed by atoms with van der Waals surface area (Å²) in [6, 6.07) is 8.19. The molecule has 1 aromatic carbocycles. The van der Waals surface area contributed by atoms with Gasteiger partial charge in [0.25, 0.3) is 0 Å². The van der Waals surface area contributed by atoms with Crippen molar-refractivity contribution in [1.82, 2.24) is 4.90 Å². The van der Waals surface area contributed by atoms with Crippen LogP contribution in [0.15, 0.2) is 24.3 Å². The minimum atomic E-state index is 0.329. The van der Waals surface area contributed by atoms with E-state index < -0.39 is 0 Å². The average molecular weight is 289 g/mol. The van der Waals surface area contributed by atoms with Crippen molar-refractivity contribution < 1.29 is 9.53 Å². The highest BCUT2D eigenvalue weighted by molar-refractivity contribution is 5.76. The Morgan fingerprint density at radius 1 is 1.33 bits per heavy atom. The second kappa shape index (κ2) is 8.06. The number of carbonyl (C=O) groups excluding carboxylic acids is 1. The molecule has 1 aliphatic rings. The van der Waals surface area contributed by atoms with Crippen LogP contribution >= 0.6 is 0 Å². The first-order valence-corrected chi connectivity index (χ1v) is 8.16. The highest BCUT2D eigenvalue weighted by atomic mass is 16.5. The van der Waals surface area contributed by atoms with E-state index in [0.29, 0.717) is 18.2 Å². The maximum Gasteiger partial charge on any atom is 0.222 e. The zero-order valence-corrected chi connectivity index (χ0v) is 13.3. The maximum absolute atomic E-state index is 12.0. The Bertz CT molecular complexity index is 450. The standard InChI is InChI=1S/C18H27NO2/c1-3-4-8-18(20)19-11-9-16(10-12-19)14-21-17-7-5-6-15(2)13-17/h5-7,13,16H,3-4,8-12,14H2,1-2H3. The summed E-state index contributed by atoms with van der Waals surface area (Å²) in [7, 11) is 0. The summed E-state index contributed by atoms with van der Waals surface area (Å²) in [6.45, 7) is 6.75. The predicted octanol–water partition coefficient (Wildman–Crippen LogP) is 3.80. The van der Waals surface area contributed by atoms with Crippen molar-refractivity contribution in [1.29, 1.82) is 0 Å². The Labute approximate surface area is 128 Å². The number of hydrogen-bond acceptors (Lipinski definition) is 2. The zero-order valence-electron chi connectivity index (χ0n) is 13.3. The SMILES string of the molecule is CCCCC(=O)N1CCC(COc2cccc(C)c2)CC1. The summed E-state index contributed by atoms with van der Waals surface area (Å²) in [5.74, 6) is 1.85. The van der Waals surface area contributed by atoms with Gasteiger partial charge in [-0.3, -0.25) is 4.79 Å². The van der Waals surface area contributed by atoms with Crippen LogP contribution in [0, 0.1) is 12.8 Å². The van der Waals surface area contributed by atoms with Crippen LogP contribution in [0.1, 0.15) is 44.6 Å². The molecule has 0 aromatic heterocycles. The molecule has 0 radical (unpaired) electrons. The molecule has 0 saturated carbocycles. The molecule has 0 aliphatic carbocycles. The minimum absolute atomic E-state index is 0.329. The monoisotopic (exact) mass is 289 g/mol. The van der Waals surface area contributed by atoms with Gasteiger partial charge < -0.3 is 9.64 Å². The summed E-state index contributed by atoms with van der Waals surface area (Å²) in [5, 5.41) is 0. The number of amides is 1. The summed E-state index contributed by atoms with van der Waals surface area (Å²) >= 11 is 0. The molecule has 2 rings (SSSR count). The van der Waals surface area contributed by atoms with E-state index in [0.717, 1.165) is 51.1 Å². The molecular weight excluding hydrogens is 262 g/mol. The molecule has 0 unspecified atom stereocenters. The second-order valence-corrected chi connectivity index (χ2v) is 6.06. The fourth-order valence-corrected chi connectivity index (χ4v) is 2.75. The topological polar surface area (TPSA) is 29.5 Å². The number of carbonyl (C=O) groups is 1.